The molecule has 2 N–H and O–H groups in total. The van der Waals surface area contributed by atoms with Crippen LogP contribution in [-0.2, 0) is 11.4 Å². The van der Waals surface area contributed by atoms with Gasteiger partial charge in [0.2, 0.25) is 6.79 Å². The zero-order valence-corrected chi connectivity index (χ0v) is 20.3. The SMILES string of the molecule is O=C(CNC(=O)c1ccc2c(c1)OCO2)NN=Cc1cc(Cl)ccc1OCc1ccc(Cl)cc1Cl. The van der Waals surface area contributed by atoms with Gasteiger partial charge in [-0.3, -0.25) is 9.59 Å². The molecule has 180 valence electrons. The Hall–Kier alpha value is -3.46. The number of rotatable bonds is 8. The van der Waals surface area contributed by atoms with E-state index in [2.05, 4.69) is 15.8 Å². The summed E-state index contributed by atoms with van der Waals surface area (Å²) in [5.74, 6) is 0.565. The fourth-order valence-electron chi connectivity index (χ4n) is 3.06. The number of hydrogen-bond donors (Lipinski definition) is 2. The van der Waals surface area contributed by atoms with Crippen molar-refractivity contribution in [3.05, 3.63) is 86.4 Å². The van der Waals surface area contributed by atoms with E-state index in [1.165, 1.54) is 6.21 Å². The maximum absolute atomic E-state index is 12.3. The smallest absolute Gasteiger partial charge is 0.259 e. The van der Waals surface area contributed by atoms with Gasteiger partial charge >= 0.3 is 0 Å². The van der Waals surface area contributed by atoms with E-state index in [1.54, 1.807) is 54.6 Å². The largest absolute Gasteiger partial charge is 0.488 e. The number of fused-ring (bicyclic) bond motifs is 1. The molecule has 3 aromatic carbocycles. The molecule has 1 heterocycles. The van der Waals surface area contributed by atoms with Crippen LogP contribution in [0.1, 0.15) is 21.5 Å². The maximum Gasteiger partial charge on any atom is 0.259 e. The second-order valence-electron chi connectivity index (χ2n) is 7.25. The third-order valence-electron chi connectivity index (χ3n) is 4.81. The van der Waals surface area contributed by atoms with Gasteiger partial charge in [-0.25, -0.2) is 5.43 Å². The van der Waals surface area contributed by atoms with Gasteiger partial charge in [0, 0.05) is 31.8 Å². The lowest BCUT2D eigenvalue weighted by Crippen LogP contribution is -2.34. The van der Waals surface area contributed by atoms with Crippen LogP contribution in [0.25, 0.3) is 0 Å². The van der Waals surface area contributed by atoms with Crippen molar-refractivity contribution in [1.82, 2.24) is 10.7 Å². The quantitative estimate of drug-likeness (QED) is 0.318. The number of benzene rings is 3. The van der Waals surface area contributed by atoms with Crippen LogP contribution >= 0.6 is 34.8 Å². The predicted octanol–water partition coefficient (Wildman–Crippen LogP) is 4.83. The van der Waals surface area contributed by atoms with Crippen molar-refractivity contribution in [3.63, 3.8) is 0 Å². The van der Waals surface area contributed by atoms with E-state index in [9.17, 15) is 9.59 Å². The van der Waals surface area contributed by atoms with Crippen LogP contribution in [0, 0.1) is 0 Å². The fourth-order valence-corrected chi connectivity index (χ4v) is 3.70. The van der Waals surface area contributed by atoms with Crippen molar-refractivity contribution in [2.24, 2.45) is 5.10 Å². The summed E-state index contributed by atoms with van der Waals surface area (Å²) in [4.78, 5) is 24.4. The van der Waals surface area contributed by atoms with Gasteiger partial charge in [0.1, 0.15) is 12.4 Å². The van der Waals surface area contributed by atoms with Gasteiger partial charge in [-0.05, 0) is 48.5 Å². The van der Waals surface area contributed by atoms with Gasteiger partial charge in [0.25, 0.3) is 11.8 Å². The summed E-state index contributed by atoms with van der Waals surface area (Å²) in [5.41, 5.74) is 3.98. The molecule has 0 bridgehead atoms. The Morgan fingerprint density at radius 2 is 1.74 bits per heavy atom. The van der Waals surface area contributed by atoms with E-state index in [-0.39, 0.29) is 19.9 Å². The lowest BCUT2D eigenvalue weighted by Gasteiger charge is -2.11. The molecule has 0 fully saturated rings. The van der Waals surface area contributed by atoms with Crippen molar-refractivity contribution in [2.45, 2.75) is 6.61 Å². The summed E-state index contributed by atoms with van der Waals surface area (Å²) < 4.78 is 16.3. The molecule has 0 unspecified atom stereocenters. The predicted molar refractivity (Wildman–Crippen MR) is 133 cm³/mol. The molecule has 0 saturated heterocycles. The topological polar surface area (TPSA) is 98.3 Å². The van der Waals surface area contributed by atoms with Crippen molar-refractivity contribution >= 4 is 52.8 Å². The molecule has 0 saturated carbocycles. The van der Waals surface area contributed by atoms with Gasteiger partial charge in [0.05, 0.1) is 12.8 Å². The molecular weight excluding hydrogens is 517 g/mol. The lowest BCUT2D eigenvalue weighted by molar-refractivity contribution is -0.120. The Balaban J connectivity index is 1.31. The van der Waals surface area contributed by atoms with Crippen LogP contribution in [0.5, 0.6) is 17.2 Å². The Morgan fingerprint density at radius 1 is 0.971 bits per heavy atom. The van der Waals surface area contributed by atoms with Crippen LogP contribution in [0.3, 0.4) is 0 Å². The fraction of sp³-hybridized carbons (Fsp3) is 0.125. The van der Waals surface area contributed by atoms with Crippen LogP contribution in [-0.4, -0.2) is 31.4 Å². The number of halogens is 3. The average Bonchev–Trinajstić information content (AvgIpc) is 3.31. The first-order chi connectivity index (χ1) is 16.9. The minimum atomic E-state index is -0.521. The van der Waals surface area contributed by atoms with Gasteiger partial charge in [-0.15, -0.1) is 0 Å². The van der Waals surface area contributed by atoms with E-state index in [0.717, 1.165) is 5.56 Å². The number of amides is 2. The van der Waals surface area contributed by atoms with Crippen molar-refractivity contribution in [1.29, 1.82) is 0 Å². The van der Waals surface area contributed by atoms with Gasteiger partial charge in [0.15, 0.2) is 11.5 Å². The van der Waals surface area contributed by atoms with E-state index >= 15 is 0 Å². The van der Waals surface area contributed by atoms with Crippen LogP contribution in [0.4, 0.5) is 0 Å². The van der Waals surface area contributed by atoms with Crippen LogP contribution < -0.4 is 25.0 Å². The molecule has 35 heavy (non-hydrogen) atoms. The molecule has 1 aliphatic heterocycles. The standard InChI is InChI=1S/C24H18Cl3N3O5/c25-17-4-6-20(33-12-15-1-3-18(26)9-19(15)27)16(7-17)10-29-30-23(31)11-28-24(32)14-2-5-21-22(8-14)35-13-34-21/h1-10H,11-13H2,(H,28,32)(H,30,31). The molecule has 0 radical (unpaired) electrons. The second kappa shape index (κ2) is 11.3. The molecule has 0 aromatic heterocycles. The number of hydrazone groups is 1. The summed E-state index contributed by atoms with van der Waals surface area (Å²) in [7, 11) is 0. The second-order valence-corrected chi connectivity index (χ2v) is 8.53. The lowest BCUT2D eigenvalue weighted by atomic mass is 10.2. The zero-order valence-electron chi connectivity index (χ0n) is 18.0. The summed E-state index contributed by atoms with van der Waals surface area (Å²) in [6.45, 7) is 0.0182. The first kappa shape index (κ1) is 24.7. The molecule has 0 atom stereocenters. The highest BCUT2D eigenvalue weighted by Crippen LogP contribution is 2.32. The highest BCUT2D eigenvalue weighted by molar-refractivity contribution is 6.35. The first-order valence-electron chi connectivity index (χ1n) is 10.2. The Bertz CT molecular complexity index is 1300. The molecule has 2 amide bonds. The highest BCUT2D eigenvalue weighted by Gasteiger charge is 2.16. The molecule has 0 spiro atoms. The van der Waals surface area contributed by atoms with Gasteiger partial charge < -0.3 is 19.5 Å². The first-order valence-corrected chi connectivity index (χ1v) is 11.4. The van der Waals surface area contributed by atoms with E-state index in [1.807, 2.05) is 0 Å². The summed E-state index contributed by atoms with van der Waals surface area (Å²) >= 11 is 18.2. The zero-order chi connectivity index (χ0) is 24.8. The third kappa shape index (κ3) is 6.57. The number of carbonyl (C=O) groups excluding carboxylic acids is 2. The normalized spacial score (nSPS) is 12.0. The van der Waals surface area contributed by atoms with E-state index in [4.69, 9.17) is 49.0 Å². The summed E-state index contributed by atoms with van der Waals surface area (Å²) in [5, 5.41) is 7.92. The molecule has 1 aliphatic rings. The number of ether oxygens (including phenoxy) is 3. The summed E-state index contributed by atoms with van der Waals surface area (Å²) in [6.07, 6.45) is 1.39. The van der Waals surface area contributed by atoms with Crippen molar-refractivity contribution in [3.8, 4) is 17.2 Å². The monoisotopic (exact) mass is 533 g/mol. The van der Waals surface area contributed by atoms with Crippen LogP contribution in [0.15, 0.2) is 59.7 Å². The van der Waals surface area contributed by atoms with Crippen molar-refractivity contribution < 1.29 is 23.8 Å². The highest BCUT2D eigenvalue weighted by atomic mass is 35.5. The average molecular weight is 535 g/mol. The van der Waals surface area contributed by atoms with E-state index in [0.29, 0.717) is 43.4 Å². The Labute approximate surface area is 215 Å². The van der Waals surface area contributed by atoms with Gasteiger partial charge in [-0.1, -0.05) is 40.9 Å². The third-order valence-corrected chi connectivity index (χ3v) is 5.63. The number of nitrogens with zero attached hydrogens (tertiary/aromatic N) is 1. The maximum atomic E-state index is 12.3. The molecule has 8 nitrogen and oxygen atoms in total. The molecular formula is C24H18Cl3N3O5. The Morgan fingerprint density at radius 3 is 2.57 bits per heavy atom. The summed E-state index contributed by atoms with van der Waals surface area (Å²) in [6, 6.07) is 14.9. The minimum Gasteiger partial charge on any atom is -0.488 e. The number of carbonyl (C=O) groups is 2. The molecule has 4 rings (SSSR count). The molecule has 3 aromatic rings. The van der Waals surface area contributed by atoms with Crippen molar-refractivity contribution in [2.75, 3.05) is 13.3 Å². The Kier molecular flexibility index (Phi) is 7.97. The number of hydrogen-bond acceptors (Lipinski definition) is 6. The molecule has 11 heteroatoms. The van der Waals surface area contributed by atoms with E-state index < -0.39 is 11.8 Å². The van der Waals surface area contributed by atoms with Crippen LogP contribution in [0.2, 0.25) is 15.1 Å². The number of nitrogens with one attached hydrogen (secondary N) is 2. The molecule has 0 aliphatic carbocycles. The minimum absolute atomic E-state index is 0.106. The van der Waals surface area contributed by atoms with Gasteiger partial charge in [-0.2, -0.15) is 5.10 Å².